The number of carbonyl (C=O) groups excluding carboxylic acids is 1. The quantitative estimate of drug-likeness (QED) is 0.783. The zero-order valence-electron chi connectivity index (χ0n) is 13.9. The lowest BCUT2D eigenvalue weighted by molar-refractivity contribution is -0.137. The molecule has 1 amide bonds. The van der Waals surface area contributed by atoms with Gasteiger partial charge in [-0.3, -0.25) is 9.79 Å². The van der Waals surface area contributed by atoms with Crippen molar-refractivity contribution >= 4 is 22.8 Å². The highest BCUT2D eigenvalue weighted by Gasteiger charge is 2.38. The molecule has 1 aromatic rings. The van der Waals surface area contributed by atoms with Crippen LogP contribution in [0.4, 0.5) is 0 Å². The maximum Gasteiger partial charge on any atom is 0.228 e. The number of carbonyl (C=O) groups is 1. The predicted octanol–water partition coefficient (Wildman–Crippen LogP) is 0.990. The number of hydrogen-bond donors (Lipinski definition) is 0. The van der Waals surface area contributed by atoms with Crippen LogP contribution >= 0.6 is 11.8 Å². The number of amidine groups is 1. The average Bonchev–Trinajstić information content (AvgIpc) is 3.28. The first-order valence-electron chi connectivity index (χ1n) is 8.76. The van der Waals surface area contributed by atoms with Gasteiger partial charge in [-0.05, 0) is 18.2 Å². The predicted molar refractivity (Wildman–Crippen MR) is 92.7 cm³/mol. The van der Waals surface area contributed by atoms with E-state index in [2.05, 4.69) is 25.6 Å². The van der Waals surface area contributed by atoms with Crippen LogP contribution in [-0.4, -0.2) is 68.2 Å². The molecule has 0 N–H and O–H groups in total. The van der Waals surface area contributed by atoms with E-state index >= 15 is 0 Å². The second-order valence-corrected chi connectivity index (χ2v) is 7.63. The zero-order valence-corrected chi connectivity index (χ0v) is 14.7. The molecule has 1 saturated heterocycles. The van der Waals surface area contributed by atoms with Crippen molar-refractivity contribution < 1.29 is 9.53 Å². The zero-order chi connectivity index (χ0) is 16.8. The van der Waals surface area contributed by atoms with Gasteiger partial charge in [0, 0.05) is 31.9 Å². The molecule has 0 radical (unpaired) electrons. The largest absolute Gasteiger partial charge is 0.370 e. The third-order valence-electron chi connectivity index (χ3n) is 5.28. The van der Waals surface area contributed by atoms with Crippen LogP contribution in [0.1, 0.15) is 31.0 Å². The number of rotatable bonds is 2. The summed E-state index contributed by atoms with van der Waals surface area (Å²) < 4.78 is 7.86. The smallest absolute Gasteiger partial charge is 0.228 e. The van der Waals surface area contributed by atoms with Gasteiger partial charge in [-0.2, -0.15) is 0 Å². The Morgan fingerprint density at radius 2 is 2.36 bits per heavy atom. The van der Waals surface area contributed by atoms with Gasteiger partial charge >= 0.3 is 0 Å². The van der Waals surface area contributed by atoms with Crippen LogP contribution in [0.15, 0.2) is 22.3 Å². The van der Waals surface area contributed by atoms with Gasteiger partial charge in [0.05, 0.1) is 37.1 Å². The molecule has 132 valence electrons. The Balaban J connectivity index is 1.28. The van der Waals surface area contributed by atoms with Crippen LogP contribution in [-0.2, 0) is 16.1 Å². The first-order chi connectivity index (χ1) is 12.3. The van der Waals surface area contributed by atoms with Gasteiger partial charge in [-0.15, -0.1) is 5.10 Å². The van der Waals surface area contributed by atoms with Crippen LogP contribution in [0.2, 0.25) is 0 Å². The van der Waals surface area contributed by atoms with Crippen molar-refractivity contribution in [3.05, 3.63) is 23.0 Å². The minimum atomic E-state index is 0.0722. The molecule has 4 aliphatic rings. The second kappa shape index (κ2) is 6.14. The normalized spacial score (nSPS) is 28.0. The molecular formula is C16H20N6O2S. The lowest BCUT2D eigenvalue weighted by Gasteiger charge is -2.41. The highest BCUT2D eigenvalue weighted by atomic mass is 32.2. The lowest BCUT2D eigenvalue weighted by atomic mass is 10.00. The Morgan fingerprint density at radius 1 is 1.40 bits per heavy atom. The van der Waals surface area contributed by atoms with E-state index in [1.54, 1.807) is 18.0 Å². The Labute approximate surface area is 149 Å². The number of ether oxygens (including phenoxy) is 1. The van der Waals surface area contributed by atoms with E-state index in [9.17, 15) is 4.79 Å². The summed E-state index contributed by atoms with van der Waals surface area (Å²) in [6, 6.07) is 0.0722. The van der Waals surface area contributed by atoms with Gasteiger partial charge in [0.15, 0.2) is 5.17 Å². The number of amides is 1. The minimum absolute atomic E-state index is 0.0722. The fraction of sp³-hybridized carbons (Fsp3) is 0.625. The van der Waals surface area contributed by atoms with E-state index in [-0.39, 0.29) is 18.1 Å². The fourth-order valence-electron chi connectivity index (χ4n) is 3.95. The van der Waals surface area contributed by atoms with Crippen molar-refractivity contribution in [2.24, 2.45) is 4.99 Å². The molecule has 4 aliphatic heterocycles. The Bertz CT molecular complexity index is 760. The van der Waals surface area contributed by atoms with Gasteiger partial charge in [0.25, 0.3) is 0 Å². The van der Waals surface area contributed by atoms with E-state index in [1.807, 2.05) is 9.58 Å². The average molecular weight is 360 g/mol. The molecule has 8 nitrogen and oxygen atoms in total. The van der Waals surface area contributed by atoms with Gasteiger partial charge in [0.2, 0.25) is 5.91 Å². The molecule has 5 heterocycles. The van der Waals surface area contributed by atoms with Crippen LogP contribution in [0.3, 0.4) is 0 Å². The van der Waals surface area contributed by atoms with E-state index in [0.29, 0.717) is 19.6 Å². The molecule has 0 spiro atoms. The maximum atomic E-state index is 12.9. The van der Waals surface area contributed by atoms with Crippen molar-refractivity contribution in [2.75, 3.05) is 26.2 Å². The number of thioether (sulfide) groups is 1. The Morgan fingerprint density at radius 3 is 3.32 bits per heavy atom. The van der Waals surface area contributed by atoms with Crippen molar-refractivity contribution in [2.45, 2.75) is 38.0 Å². The fourth-order valence-corrected chi connectivity index (χ4v) is 4.90. The number of hydrogen-bond acceptors (Lipinski definition) is 7. The van der Waals surface area contributed by atoms with Crippen LogP contribution in [0.25, 0.3) is 0 Å². The standard InChI is InChI=1S/C16H20N6O2S/c23-15(6-11-10-25-16-17-3-1-4-21(11)16)20-5-2-14-13(8-20)22-12(9-24-14)7-18-19-22/h7,10,13-14H,1-6,8-9H2/t13-,14+/m1/s1. The third-order valence-corrected chi connectivity index (χ3v) is 6.23. The molecule has 1 fully saturated rings. The molecule has 5 rings (SSSR count). The van der Waals surface area contributed by atoms with E-state index in [1.165, 1.54) is 0 Å². The summed E-state index contributed by atoms with van der Waals surface area (Å²) >= 11 is 1.63. The summed E-state index contributed by atoms with van der Waals surface area (Å²) in [5, 5.41) is 11.3. The number of piperidine rings is 1. The Hall–Kier alpha value is -1.87. The van der Waals surface area contributed by atoms with Gasteiger partial charge in [-0.25, -0.2) is 4.68 Å². The van der Waals surface area contributed by atoms with E-state index < -0.39 is 0 Å². The minimum Gasteiger partial charge on any atom is -0.370 e. The monoisotopic (exact) mass is 360 g/mol. The highest BCUT2D eigenvalue weighted by molar-refractivity contribution is 8.16. The molecule has 0 unspecified atom stereocenters. The summed E-state index contributed by atoms with van der Waals surface area (Å²) in [5.74, 6) is 0.171. The van der Waals surface area contributed by atoms with Crippen molar-refractivity contribution in [3.63, 3.8) is 0 Å². The second-order valence-electron chi connectivity index (χ2n) is 6.79. The molecule has 25 heavy (non-hydrogen) atoms. The lowest BCUT2D eigenvalue weighted by Crippen LogP contribution is -2.50. The molecule has 1 aromatic heterocycles. The van der Waals surface area contributed by atoms with Gasteiger partial charge in [0.1, 0.15) is 0 Å². The number of fused-ring (bicyclic) bond motifs is 4. The summed E-state index contributed by atoms with van der Waals surface area (Å²) in [7, 11) is 0. The van der Waals surface area contributed by atoms with Crippen LogP contribution in [0.5, 0.6) is 0 Å². The highest BCUT2D eigenvalue weighted by Crippen LogP contribution is 2.33. The molecule has 9 heteroatoms. The summed E-state index contributed by atoms with van der Waals surface area (Å²) in [6.07, 6.45) is 4.21. The summed E-state index contributed by atoms with van der Waals surface area (Å²) in [5.41, 5.74) is 2.07. The number of aromatic nitrogens is 3. The number of nitrogens with zero attached hydrogens (tertiary/aromatic N) is 6. The first kappa shape index (κ1) is 15.4. The van der Waals surface area contributed by atoms with Crippen LogP contribution < -0.4 is 0 Å². The third kappa shape index (κ3) is 2.65. The molecular weight excluding hydrogens is 340 g/mol. The molecule has 0 saturated carbocycles. The van der Waals surface area contributed by atoms with Crippen molar-refractivity contribution in [3.8, 4) is 0 Å². The molecule has 2 atom stereocenters. The van der Waals surface area contributed by atoms with Crippen molar-refractivity contribution in [1.29, 1.82) is 0 Å². The number of aliphatic imine (C=N–C) groups is 1. The maximum absolute atomic E-state index is 12.9. The summed E-state index contributed by atoms with van der Waals surface area (Å²) in [4.78, 5) is 21.5. The van der Waals surface area contributed by atoms with Crippen molar-refractivity contribution in [1.82, 2.24) is 24.8 Å². The van der Waals surface area contributed by atoms with Gasteiger partial charge < -0.3 is 14.5 Å². The van der Waals surface area contributed by atoms with E-state index in [4.69, 9.17) is 4.74 Å². The van der Waals surface area contributed by atoms with Gasteiger partial charge in [-0.1, -0.05) is 17.0 Å². The molecule has 0 aromatic carbocycles. The van der Waals surface area contributed by atoms with E-state index in [0.717, 1.165) is 49.0 Å². The Kier molecular flexibility index (Phi) is 3.78. The topological polar surface area (TPSA) is 75.8 Å². The number of likely N-dealkylation sites (tertiary alicyclic amines) is 1. The summed E-state index contributed by atoms with van der Waals surface area (Å²) in [6.45, 7) is 3.80. The SMILES string of the molecule is O=C(CC1=CSC2=NCCCN12)N1CC[C@@H]2OCc3cnnn3[C@@H]2C1. The molecule has 0 bridgehead atoms. The first-order valence-corrected chi connectivity index (χ1v) is 9.64. The van der Waals surface area contributed by atoms with Crippen LogP contribution in [0, 0.1) is 0 Å². The molecule has 0 aliphatic carbocycles.